The molecule has 0 saturated carbocycles. The average molecular weight is 293 g/mol. The van der Waals surface area contributed by atoms with E-state index in [2.05, 4.69) is 16.7 Å². The van der Waals surface area contributed by atoms with Gasteiger partial charge in [0.05, 0.1) is 12.2 Å². The lowest BCUT2D eigenvalue weighted by atomic mass is 10.2. The summed E-state index contributed by atoms with van der Waals surface area (Å²) in [5.74, 6) is 0.673. The van der Waals surface area contributed by atoms with Gasteiger partial charge in [0.25, 0.3) is 0 Å². The largest absolute Gasteiger partial charge is 0.360 e. The molecule has 0 spiro atoms. The van der Waals surface area contributed by atoms with E-state index in [1.165, 1.54) is 4.90 Å². The summed E-state index contributed by atoms with van der Waals surface area (Å²) in [7, 11) is 0. The van der Waals surface area contributed by atoms with Gasteiger partial charge in [-0.3, -0.25) is 10.1 Å². The van der Waals surface area contributed by atoms with Crippen molar-refractivity contribution in [1.82, 2.24) is 10.6 Å². The summed E-state index contributed by atoms with van der Waals surface area (Å²) in [6, 6.07) is 7.60. The van der Waals surface area contributed by atoms with E-state index in [0.29, 0.717) is 6.54 Å². The van der Waals surface area contributed by atoms with E-state index in [1.54, 1.807) is 11.8 Å². The molecule has 0 fully saturated rings. The topological polar surface area (TPSA) is 61.4 Å². The van der Waals surface area contributed by atoms with Crippen molar-refractivity contribution in [2.45, 2.75) is 18.2 Å². The van der Waals surface area contributed by atoms with Crippen LogP contribution in [-0.4, -0.2) is 37.3 Å². The Hall–Kier alpha value is -1.69. The first-order valence-electron chi connectivity index (χ1n) is 6.75. The molecule has 1 aliphatic rings. The van der Waals surface area contributed by atoms with Crippen LogP contribution < -0.4 is 15.5 Å². The Morgan fingerprint density at radius 2 is 2.15 bits per heavy atom. The second kappa shape index (κ2) is 7.19. The highest BCUT2D eigenvalue weighted by atomic mass is 32.2. The van der Waals surface area contributed by atoms with E-state index in [1.807, 2.05) is 30.0 Å². The van der Waals surface area contributed by atoms with Crippen LogP contribution in [0.5, 0.6) is 0 Å². The number of benzene rings is 1. The monoisotopic (exact) mass is 293 g/mol. The Bertz CT molecular complexity index is 493. The molecule has 20 heavy (non-hydrogen) atoms. The lowest BCUT2D eigenvalue weighted by Gasteiger charge is -2.30. The number of hydrogen-bond donors (Lipinski definition) is 2. The number of imide groups is 1. The number of nitrogens with one attached hydrogen (secondary N) is 2. The molecule has 5 nitrogen and oxygen atoms in total. The summed E-state index contributed by atoms with van der Waals surface area (Å²) in [6.07, 6.45) is 0.846. The number of urea groups is 1. The zero-order chi connectivity index (χ0) is 14.4. The van der Waals surface area contributed by atoms with Crippen LogP contribution in [0.25, 0.3) is 0 Å². The molecular weight excluding hydrogens is 274 g/mol. The zero-order valence-electron chi connectivity index (χ0n) is 11.5. The van der Waals surface area contributed by atoms with E-state index in [-0.39, 0.29) is 12.5 Å². The summed E-state index contributed by atoms with van der Waals surface area (Å²) >= 11 is 1.79. The number of para-hydroxylation sites is 1. The van der Waals surface area contributed by atoms with Crippen LogP contribution in [-0.2, 0) is 4.79 Å². The van der Waals surface area contributed by atoms with Crippen LogP contribution in [0.4, 0.5) is 10.5 Å². The van der Waals surface area contributed by atoms with Crippen molar-refractivity contribution < 1.29 is 9.59 Å². The zero-order valence-corrected chi connectivity index (χ0v) is 12.3. The highest BCUT2D eigenvalue weighted by molar-refractivity contribution is 7.99. The van der Waals surface area contributed by atoms with Crippen molar-refractivity contribution in [2.24, 2.45) is 0 Å². The van der Waals surface area contributed by atoms with Crippen LogP contribution in [0.3, 0.4) is 0 Å². The predicted octanol–water partition coefficient (Wildman–Crippen LogP) is 1.83. The maximum Gasteiger partial charge on any atom is 0.321 e. The third-order valence-electron chi connectivity index (χ3n) is 2.95. The van der Waals surface area contributed by atoms with Gasteiger partial charge in [-0.15, -0.1) is 11.8 Å². The van der Waals surface area contributed by atoms with E-state index >= 15 is 0 Å². The van der Waals surface area contributed by atoms with Gasteiger partial charge in [0.15, 0.2) is 0 Å². The lowest BCUT2D eigenvalue weighted by Crippen LogP contribution is -2.45. The first-order chi connectivity index (χ1) is 9.70. The molecule has 1 aromatic carbocycles. The molecule has 1 aliphatic heterocycles. The van der Waals surface area contributed by atoms with Crippen LogP contribution in [0.2, 0.25) is 0 Å². The highest BCUT2D eigenvalue weighted by Crippen LogP contribution is 2.33. The molecule has 0 aromatic heterocycles. The SMILES string of the molecule is CCCNC(=O)NC(=O)CN1CCSc2ccccc21. The Balaban J connectivity index is 1.91. The number of carbonyl (C=O) groups excluding carboxylic acids is 2. The summed E-state index contributed by atoms with van der Waals surface area (Å²) in [6.45, 7) is 3.55. The summed E-state index contributed by atoms with van der Waals surface area (Å²) < 4.78 is 0. The van der Waals surface area contributed by atoms with Crippen molar-refractivity contribution in [2.75, 3.05) is 30.3 Å². The summed E-state index contributed by atoms with van der Waals surface area (Å²) in [5.41, 5.74) is 1.06. The number of anilines is 1. The van der Waals surface area contributed by atoms with Gasteiger partial charge in [-0.1, -0.05) is 19.1 Å². The molecule has 2 rings (SSSR count). The second-order valence-electron chi connectivity index (χ2n) is 4.54. The molecule has 0 radical (unpaired) electrons. The number of thioether (sulfide) groups is 1. The maximum atomic E-state index is 11.9. The fraction of sp³-hybridized carbons (Fsp3) is 0.429. The van der Waals surface area contributed by atoms with Crippen molar-refractivity contribution in [3.8, 4) is 0 Å². The molecule has 0 saturated heterocycles. The average Bonchev–Trinajstić information content (AvgIpc) is 2.45. The number of fused-ring (bicyclic) bond motifs is 1. The fourth-order valence-electron chi connectivity index (χ4n) is 2.01. The molecular formula is C14H19N3O2S. The number of amides is 3. The summed E-state index contributed by atoms with van der Waals surface area (Å²) in [5, 5.41) is 4.98. The maximum absolute atomic E-state index is 11.9. The predicted molar refractivity (Wildman–Crippen MR) is 81.2 cm³/mol. The standard InChI is InChI=1S/C14H19N3O2S/c1-2-7-15-14(19)16-13(18)10-17-8-9-20-12-6-4-3-5-11(12)17/h3-6H,2,7-10H2,1H3,(H2,15,16,18,19). The van der Waals surface area contributed by atoms with E-state index in [4.69, 9.17) is 0 Å². The van der Waals surface area contributed by atoms with Gasteiger partial charge in [0, 0.05) is 23.7 Å². The van der Waals surface area contributed by atoms with Gasteiger partial charge < -0.3 is 10.2 Å². The molecule has 6 heteroatoms. The number of hydrogen-bond acceptors (Lipinski definition) is 4. The minimum atomic E-state index is -0.420. The van der Waals surface area contributed by atoms with Crippen molar-refractivity contribution >= 4 is 29.4 Å². The Morgan fingerprint density at radius 1 is 1.35 bits per heavy atom. The third-order valence-corrected chi connectivity index (χ3v) is 3.99. The first-order valence-corrected chi connectivity index (χ1v) is 7.73. The molecule has 0 unspecified atom stereocenters. The molecule has 3 amide bonds. The summed E-state index contributed by atoms with van der Waals surface area (Å²) in [4.78, 5) is 26.5. The minimum Gasteiger partial charge on any atom is -0.360 e. The Labute approximate surface area is 123 Å². The van der Waals surface area contributed by atoms with Gasteiger partial charge in [-0.25, -0.2) is 4.79 Å². The van der Waals surface area contributed by atoms with E-state index in [0.717, 1.165) is 24.4 Å². The van der Waals surface area contributed by atoms with Crippen LogP contribution in [0.1, 0.15) is 13.3 Å². The van der Waals surface area contributed by atoms with Gasteiger partial charge in [-0.05, 0) is 18.6 Å². The van der Waals surface area contributed by atoms with Gasteiger partial charge in [-0.2, -0.15) is 0 Å². The van der Waals surface area contributed by atoms with Crippen LogP contribution >= 0.6 is 11.8 Å². The number of carbonyl (C=O) groups is 2. The minimum absolute atomic E-state index is 0.205. The molecule has 1 heterocycles. The van der Waals surface area contributed by atoms with E-state index in [9.17, 15) is 9.59 Å². The highest BCUT2D eigenvalue weighted by Gasteiger charge is 2.19. The van der Waals surface area contributed by atoms with Crippen LogP contribution in [0, 0.1) is 0 Å². The smallest absolute Gasteiger partial charge is 0.321 e. The van der Waals surface area contributed by atoms with Crippen molar-refractivity contribution in [1.29, 1.82) is 0 Å². The van der Waals surface area contributed by atoms with Crippen molar-refractivity contribution in [3.63, 3.8) is 0 Å². The third kappa shape index (κ3) is 3.90. The second-order valence-corrected chi connectivity index (χ2v) is 5.68. The van der Waals surface area contributed by atoms with Gasteiger partial charge >= 0.3 is 6.03 Å². The van der Waals surface area contributed by atoms with Crippen LogP contribution in [0.15, 0.2) is 29.2 Å². The quantitative estimate of drug-likeness (QED) is 0.889. The molecule has 1 aromatic rings. The molecule has 108 valence electrons. The Morgan fingerprint density at radius 3 is 2.95 bits per heavy atom. The van der Waals surface area contributed by atoms with E-state index < -0.39 is 6.03 Å². The molecule has 2 N–H and O–H groups in total. The van der Waals surface area contributed by atoms with Crippen molar-refractivity contribution in [3.05, 3.63) is 24.3 Å². The number of nitrogens with zero attached hydrogens (tertiary/aromatic N) is 1. The normalized spacial score (nSPS) is 13.6. The van der Waals surface area contributed by atoms with Gasteiger partial charge in [0.2, 0.25) is 5.91 Å². The molecule has 0 atom stereocenters. The Kier molecular flexibility index (Phi) is 5.29. The fourth-order valence-corrected chi connectivity index (χ4v) is 3.06. The lowest BCUT2D eigenvalue weighted by molar-refractivity contribution is -0.118. The molecule has 0 bridgehead atoms. The first kappa shape index (κ1) is 14.7. The molecule has 0 aliphatic carbocycles. The van der Waals surface area contributed by atoms with Gasteiger partial charge in [0.1, 0.15) is 0 Å². The number of rotatable bonds is 4.